The highest BCUT2D eigenvalue weighted by molar-refractivity contribution is 5.77. The summed E-state index contributed by atoms with van der Waals surface area (Å²) >= 11 is 0. The number of aliphatic imine (C=N–C) groups is 1. The third-order valence-electron chi connectivity index (χ3n) is 4.79. The van der Waals surface area contributed by atoms with E-state index in [1.807, 2.05) is 25.7 Å². The molecule has 2 aliphatic rings. The van der Waals surface area contributed by atoms with Crippen LogP contribution in [0.25, 0.3) is 0 Å². The number of amides is 1. The summed E-state index contributed by atoms with van der Waals surface area (Å²) in [5, 5.41) is 3.18. The fourth-order valence-corrected chi connectivity index (χ4v) is 3.35. The smallest absolute Gasteiger partial charge is 0.410 e. The Morgan fingerprint density at radius 2 is 2.00 bits per heavy atom. The van der Waals surface area contributed by atoms with Crippen LogP contribution in [0, 0.1) is 0 Å². The number of ether oxygens (including phenoxy) is 2. The van der Waals surface area contributed by atoms with Gasteiger partial charge in [-0.1, -0.05) is 0 Å². The summed E-state index contributed by atoms with van der Waals surface area (Å²) in [6.45, 7) is 12.4. The summed E-state index contributed by atoms with van der Waals surface area (Å²) in [4.78, 5) is 21.1. The molecule has 156 valence electrons. The third-order valence-corrected chi connectivity index (χ3v) is 4.79. The number of guanidine groups is 1. The SMILES string of the molecule is CC(C)(C)OC(=O)N1CCCCC1CN=C(N)NCCCN1CCOCC1. The predicted molar refractivity (Wildman–Crippen MR) is 107 cm³/mol. The van der Waals surface area contributed by atoms with Crippen molar-refractivity contribution in [2.24, 2.45) is 10.7 Å². The van der Waals surface area contributed by atoms with Crippen LogP contribution in [0.4, 0.5) is 4.79 Å². The molecule has 2 fully saturated rings. The number of hydrogen-bond donors (Lipinski definition) is 2. The Morgan fingerprint density at radius 3 is 2.70 bits per heavy atom. The zero-order chi connectivity index (χ0) is 19.7. The molecule has 2 rings (SSSR count). The highest BCUT2D eigenvalue weighted by Crippen LogP contribution is 2.20. The van der Waals surface area contributed by atoms with Crippen molar-refractivity contribution in [1.29, 1.82) is 0 Å². The fourth-order valence-electron chi connectivity index (χ4n) is 3.35. The second kappa shape index (κ2) is 10.7. The Morgan fingerprint density at radius 1 is 1.26 bits per heavy atom. The lowest BCUT2D eigenvalue weighted by Gasteiger charge is -2.36. The van der Waals surface area contributed by atoms with Gasteiger partial charge < -0.3 is 25.4 Å². The van der Waals surface area contributed by atoms with Crippen molar-refractivity contribution < 1.29 is 14.3 Å². The van der Waals surface area contributed by atoms with Gasteiger partial charge in [0.25, 0.3) is 0 Å². The molecule has 0 aromatic carbocycles. The average Bonchev–Trinajstić information content (AvgIpc) is 2.63. The van der Waals surface area contributed by atoms with Crippen LogP contribution in [0.3, 0.4) is 0 Å². The second-order valence-electron chi connectivity index (χ2n) is 8.28. The van der Waals surface area contributed by atoms with E-state index in [0.717, 1.165) is 71.6 Å². The number of morpholine rings is 1. The molecule has 0 spiro atoms. The number of rotatable bonds is 6. The maximum Gasteiger partial charge on any atom is 0.410 e. The maximum atomic E-state index is 12.4. The highest BCUT2D eigenvalue weighted by Gasteiger charge is 2.30. The van der Waals surface area contributed by atoms with Gasteiger partial charge in [0.2, 0.25) is 0 Å². The number of nitrogens with zero attached hydrogens (tertiary/aromatic N) is 3. The quantitative estimate of drug-likeness (QED) is 0.409. The zero-order valence-corrected chi connectivity index (χ0v) is 17.2. The van der Waals surface area contributed by atoms with Gasteiger partial charge in [-0.05, 0) is 53.0 Å². The van der Waals surface area contributed by atoms with Crippen molar-refractivity contribution in [1.82, 2.24) is 15.1 Å². The minimum Gasteiger partial charge on any atom is -0.444 e. The van der Waals surface area contributed by atoms with Gasteiger partial charge in [-0.2, -0.15) is 0 Å². The molecular formula is C19H37N5O3. The maximum absolute atomic E-state index is 12.4. The monoisotopic (exact) mass is 383 g/mol. The Bertz CT molecular complexity index is 486. The molecule has 1 unspecified atom stereocenters. The molecule has 0 aromatic heterocycles. The number of piperidine rings is 1. The number of nitrogens with two attached hydrogens (primary N) is 1. The molecule has 0 bridgehead atoms. The van der Waals surface area contributed by atoms with Crippen LogP contribution >= 0.6 is 0 Å². The normalized spacial score (nSPS) is 22.6. The average molecular weight is 384 g/mol. The first kappa shape index (κ1) is 21.8. The van der Waals surface area contributed by atoms with Gasteiger partial charge >= 0.3 is 6.09 Å². The lowest BCUT2D eigenvalue weighted by Crippen LogP contribution is -2.48. The van der Waals surface area contributed by atoms with Gasteiger partial charge in [-0.3, -0.25) is 9.89 Å². The molecule has 8 nitrogen and oxygen atoms in total. The first-order valence-electron chi connectivity index (χ1n) is 10.2. The standard InChI is InChI=1S/C19H37N5O3/c1-19(2,3)27-18(25)24-10-5-4-7-16(24)15-22-17(20)21-8-6-9-23-11-13-26-14-12-23/h16H,4-15H2,1-3H3,(H3,20,21,22). The summed E-state index contributed by atoms with van der Waals surface area (Å²) in [5.74, 6) is 0.451. The highest BCUT2D eigenvalue weighted by atomic mass is 16.6. The van der Waals surface area contributed by atoms with E-state index in [4.69, 9.17) is 15.2 Å². The van der Waals surface area contributed by atoms with Crippen molar-refractivity contribution >= 4 is 12.1 Å². The van der Waals surface area contributed by atoms with Crippen molar-refractivity contribution in [3.05, 3.63) is 0 Å². The molecule has 2 aliphatic heterocycles. The lowest BCUT2D eigenvalue weighted by atomic mass is 10.0. The largest absolute Gasteiger partial charge is 0.444 e. The Hall–Kier alpha value is -1.54. The molecule has 0 radical (unpaired) electrons. The minimum atomic E-state index is -0.483. The van der Waals surface area contributed by atoms with Gasteiger partial charge in [0.15, 0.2) is 5.96 Å². The van der Waals surface area contributed by atoms with Gasteiger partial charge in [0.05, 0.1) is 25.8 Å². The zero-order valence-electron chi connectivity index (χ0n) is 17.2. The van der Waals surface area contributed by atoms with Crippen LogP contribution in [0.15, 0.2) is 4.99 Å². The van der Waals surface area contributed by atoms with Crippen molar-refractivity contribution in [3.63, 3.8) is 0 Å². The van der Waals surface area contributed by atoms with Gasteiger partial charge in [-0.15, -0.1) is 0 Å². The van der Waals surface area contributed by atoms with Crippen molar-refractivity contribution in [3.8, 4) is 0 Å². The van der Waals surface area contributed by atoms with E-state index >= 15 is 0 Å². The van der Waals surface area contributed by atoms with E-state index in [-0.39, 0.29) is 12.1 Å². The van der Waals surface area contributed by atoms with E-state index in [0.29, 0.717) is 12.5 Å². The van der Waals surface area contributed by atoms with E-state index in [1.165, 1.54) is 0 Å². The Balaban J connectivity index is 1.71. The summed E-state index contributed by atoms with van der Waals surface area (Å²) in [7, 11) is 0. The van der Waals surface area contributed by atoms with Gasteiger partial charge in [-0.25, -0.2) is 4.79 Å². The van der Waals surface area contributed by atoms with Crippen LogP contribution in [-0.4, -0.2) is 86.0 Å². The number of carbonyl (C=O) groups is 1. The van der Waals surface area contributed by atoms with E-state index in [1.54, 1.807) is 0 Å². The summed E-state index contributed by atoms with van der Waals surface area (Å²) in [5.41, 5.74) is 5.52. The minimum absolute atomic E-state index is 0.0577. The molecule has 3 N–H and O–H groups in total. The topological polar surface area (TPSA) is 92.4 Å². The fraction of sp³-hybridized carbons (Fsp3) is 0.895. The molecule has 1 atom stereocenters. The predicted octanol–water partition coefficient (Wildman–Crippen LogP) is 1.40. The molecule has 1 amide bonds. The molecule has 0 aromatic rings. The summed E-state index contributed by atoms with van der Waals surface area (Å²) < 4.78 is 10.9. The van der Waals surface area contributed by atoms with Gasteiger partial charge in [0, 0.05) is 26.2 Å². The third kappa shape index (κ3) is 8.34. The van der Waals surface area contributed by atoms with Crippen LogP contribution in [-0.2, 0) is 9.47 Å². The van der Waals surface area contributed by atoms with Crippen LogP contribution in [0.1, 0.15) is 46.5 Å². The van der Waals surface area contributed by atoms with E-state index in [9.17, 15) is 4.79 Å². The molecular weight excluding hydrogens is 346 g/mol. The molecule has 0 saturated carbocycles. The molecule has 2 saturated heterocycles. The number of carbonyl (C=O) groups excluding carboxylic acids is 1. The van der Waals surface area contributed by atoms with Crippen molar-refractivity contribution in [2.45, 2.75) is 58.1 Å². The first-order valence-corrected chi connectivity index (χ1v) is 10.2. The Kier molecular flexibility index (Phi) is 8.63. The van der Waals surface area contributed by atoms with Crippen LogP contribution < -0.4 is 11.1 Å². The molecule has 0 aliphatic carbocycles. The molecule has 8 heteroatoms. The number of nitrogens with one attached hydrogen (secondary N) is 1. The van der Waals surface area contributed by atoms with E-state index < -0.39 is 5.60 Å². The summed E-state index contributed by atoms with van der Waals surface area (Å²) in [6, 6.07) is 0.0577. The van der Waals surface area contributed by atoms with E-state index in [2.05, 4.69) is 15.2 Å². The van der Waals surface area contributed by atoms with Crippen molar-refractivity contribution in [2.75, 3.05) is 52.5 Å². The summed E-state index contributed by atoms with van der Waals surface area (Å²) in [6.07, 6.45) is 3.82. The van der Waals surface area contributed by atoms with Crippen LogP contribution in [0.5, 0.6) is 0 Å². The van der Waals surface area contributed by atoms with Crippen LogP contribution in [0.2, 0.25) is 0 Å². The molecule has 27 heavy (non-hydrogen) atoms. The number of hydrogen-bond acceptors (Lipinski definition) is 5. The Labute approximate surface area is 163 Å². The lowest BCUT2D eigenvalue weighted by molar-refractivity contribution is 0.0110. The molecule has 2 heterocycles. The van der Waals surface area contributed by atoms with Gasteiger partial charge in [0.1, 0.15) is 5.60 Å². The first-order chi connectivity index (χ1) is 12.8. The number of likely N-dealkylation sites (tertiary alicyclic amines) is 1. The second-order valence-corrected chi connectivity index (χ2v) is 8.28.